The van der Waals surface area contributed by atoms with Crippen LogP contribution in [0.2, 0.25) is 0 Å². The summed E-state index contributed by atoms with van der Waals surface area (Å²) in [6.07, 6.45) is -4.65. The van der Waals surface area contributed by atoms with Gasteiger partial charge in [-0.1, -0.05) is 66.7 Å². The zero-order chi connectivity index (χ0) is 23.6. The summed E-state index contributed by atoms with van der Waals surface area (Å²) in [6, 6.07) is 24.6. The maximum Gasteiger partial charge on any atom is 0.419 e. The lowest BCUT2D eigenvalue weighted by molar-refractivity contribution is -0.139. The van der Waals surface area contributed by atoms with Crippen LogP contribution in [0.15, 0.2) is 91.0 Å². The summed E-state index contributed by atoms with van der Waals surface area (Å²) in [5, 5.41) is 1.60. The van der Waals surface area contributed by atoms with Crippen LogP contribution in [0.3, 0.4) is 0 Å². The Morgan fingerprint density at radius 2 is 1.42 bits per heavy atom. The molecule has 0 atom stereocenters. The molecule has 168 valence electrons. The van der Waals surface area contributed by atoms with E-state index in [1.807, 2.05) is 36.4 Å². The predicted molar refractivity (Wildman–Crippen MR) is 120 cm³/mol. The van der Waals surface area contributed by atoms with Crippen molar-refractivity contribution in [3.63, 3.8) is 0 Å². The summed E-state index contributed by atoms with van der Waals surface area (Å²) in [7, 11) is 0. The molecule has 4 aromatic carbocycles. The molecule has 0 heterocycles. The van der Waals surface area contributed by atoms with Gasteiger partial charge >= 0.3 is 12.1 Å². The van der Waals surface area contributed by atoms with Crippen LogP contribution in [0.1, 0.15) is 35.3 Å². The molecular formula is C27H21F3O3. The van der Waals surface area contributed by atoms with Crippen LogP contribution in [0.25, 0.3) is 10.8 Å². The minimum atomic E-state index is -4.65. The van der Waals surface area contributed by atoms with Crippen LogP contribution in [0.5, 0.6) is 11.5 Å². The molecule has 0 aromatic heterocycles. The highest BCUT2D eigenvalue weighted by Crippen LogP contribution is 2.40. The van der Waals surface area contributed by atoms with Crippen LogP contribution in [-0.4, -0.2) is 5.97 Å². The molecule has 3 nitrogen and oxygen atoms in total. The van der Waals surface area contributed by atoms with Crippen LogP contribution in [0, 0.1) is 0 Å². The van der Waals surface area contributed by atoms with Crippen LogP contribution in [0.4, 0.5) is 13.2 Å². The van der Waals surface area contributed by atoms with Crippen molar-refractivity contribution in [3.05, 3.63) is 108 Å². The van der Waals surface area contributed by atoms with E-state index in [0.29, 0.717) is 11.3 Å². The average molecular weight is 450 g/mol. The quantitative estimate of drug-likeness (QED) is 0.235. The maximum absolute atomic E-state index is 13.7. The van der Waals surface area contributed by atoms with Crippen molar-refractivity contribution in [1.29, 1.82) is 0 Å². The van der Waals surface area contributed by atoms with Gasteiger partial charge in [0.1, 0.15) is 17.1 Å². The number of fused-ring (bicyclic) bond motifs is 1. The summed E-state index contributed by atoms with van der Waals surface area (Å²) in [5.74, 6) is -0.892. The van der Waals surface area contributed by atoms with Gasteiger partial charge in [0, 0.05) is 5.39 Å². The topological polar surface area (TPSA) is 35.5 Å². The number of benzene rings is 4. The maximum atomic E-state index is 13.7. The molecule has 0 amide bonds. The molecule has 33 heavy (non-hydrogen) atoms. The van der Waals surface area contributed by atoms with E-state index in [1.165, 1.54) is 0 Å². The molecule has 0 aliphatic carbocycles. The number of carbonyl (C=O) groups excluding carboxylic acids is 1. The highest BCUT2D eigenvalue weighted by molar-refractivity contribution is 5.95. The summed E-state index contributed by atoms with van der Waals surface area (Å²) in [5.41, 5.74) is -1.38. The smallest absolute Gasteiger partial charge is 0.419 e. The third kappa shape index (κ3) is 4.85. The molecule has 0 bridgehead atoms. The van der Waals surface area contributed by atoms with Crippen molar-refractivity contribution in [3.8, 4) is 11.5 Å². The minimum Gasteiger partial charge on any atom is -0.483 e. The zero-order valence-corrected chi connectivity index (χ0v) is 18.0. The molecule has 4 rings (SSSR count). The van der Waals surface area contributed by atoms with Gasteiger partial charge < -0.3 is 9.47 Å². The summed E-state index contributed by atoms with van der Waals surface area (Å²) < 4.78 is 52.4. The first-order valence-corrected chi connectivity index (χ1v) is 10.3. The Bertz CT molecular complexity index is 1290. The van der Waals surface area contributed by atoms with E-state index in [2.05, 4.69) is 0 Å². The number of rotatable bonds is 5. The second-order valence-electron chi connectivity index (χ2n) is 8.05. The first-order chi connectivity index (χ1) is 15.6. The van der Waals surface area contributed by atoms with Gasteiger partial charge in [0.05, 0.1) is 11.1 Å². The molecule has 0 N–H and O–H groups in total. The third-order valence-corrected chi connectivity index (χ3v) is 5.31. The molecular weight excluding hydrogens is 429 g/mol. The largest absolute Gasteiger partial charge is 0.483 e. The van der Waals surface area contributed by atoms with E-state index in [4.69, 9.17) is 9.47 Å². The Hall–Kier alpha value is -3.80. The number of carbonyl (C=O) groups is 1. The van der Waals surface area contributed by atoms with Crippen LogP contribution >= 0.6 is 0 Å². The molecule has 0 saturated carbocycles. The Balaban J connectivity index is 1.69. The van der Waals surface area contributed by atoms with Gasteiger partial charge in [-0.25, -0.2) is 4.79 Å². The highest BCUT2D eigenvalue weighted by atomic mass is 19.4. The van der Waals surface area contributed by atoms with E-state index >= 15 is 0 Å². The van der Waals surface area contributed by atoms with Gasteiger partial charge in [0.15, 0.2) is 0 Å². The second-order valence-corrected chi connectivity index (χ2v) is 8.05. The van der Waals surface area contributed by atoms with Crippen molar-refractivity contribution < 1.29 is 27.4 Å². The summed E-state index contributed by atoms with van der Waals surface area (Å²) in [6.45, 7) is 3.34. The van der Waals surface area contributed by atoms with Gasteiger partial charge in [0.2, 0.25) is 0 Å². The molecule has 0 saturated heterocycles. The van der Waals surface area contributed by atoms with Gasteiger partial charge in [-0.2, -0.15) is 13.2 Å². The molecule has 6 heteroatoms. The SMILES string of the molecule is CC(C)(Oc1cc(C(=O)Oc2cccc3ccccc23)ccc1C(F)(F)F)c1ccccc1. The molecule has 0 spiro atoms. The van der Waals surface area contributed by atoms with Crippen molar-refractivity contribution >= 4 is 16.7 Å². The minimum absolute atomic E-state index is 0.0465. The molecule has 4 aromatic rings. The van der Waals surface area contributed by atoms with Gasteiger partial charge in [0.25, 0.3) is 0 Å². The molecule has 0 unspecified atom stereocenters. The normalized spacial score (nSPS) is 11.9. The van der Waals surface area contributed by atoms with Gasteiger partial charge in [-0.3, -0.25) is 0 Å². The van der Waals surface area contributed by atoms with Crippen molar-refractivity contribution in [2.75, 3.05) is 0 Å². The first-order valence-electron chi connectivity index (χ1n) is 10.3. The van der Waals surface area contributed by atoms with Crippen molar-refractivity contribution in [1.82, 2.24) is 0 Å². The van der Waals surface area contributed by atoms with Crippen molar-refractivity contribution in [2.24, 2.45) is 0 Å². The predicted octanol–water partition coefficient (Wildman–Crippen LogP) is 7.39. The fourth-order valence-corrected chi connectivity index (χ4v) is 3.58. The lowest BCUT2D eigenvalue weighted by Crippen LogP contribution is -2.27. The molecule has 0 aliphatic rings. The Labute approximate surface area is 189 Å². The fourth-order valence-electron chi connectivity index (χ4n) is 3.58. The monoisotopic (exact) mass is 450 g/mol. The lowest BCUT2D eigenvalue weighted by atomic mass is 9.97. The van der Waals surface area contributed by atoms with Gasteiger partial charge in [-0.15, -0.1) is 0 Å². The van der Waals surface area contributed by atoms with E-state index in [-0.39, 0.29) is 5.56 Å². The van der Waals surface area contributed by atoms with Crippen LogP contribution in [-0.2, 0) is 11.8 Å². The van der Waals surface area contributed by atoms with Gasteiger partial charge in [-0.05, 0) is 49.1 Å². The average Bonchev–Trinajstić information content (AvgIpc) is 2.79. The first kappa shape index (κ1) is 22.4. The van der Waals surface area contributed by atoms with E-state index in [1.54, 1.807) is 50.2 Å². The molecule has 0 aliphatic heterocycles. The van der Waals surface area contributed by atoms with Crippen molar-refractivity contribution in [2.45, 2.75) is 25.6 Å². The second kappa shape index (κ2) is 8.62. The standard InChI is InChI=1S/C27H21F3O3/c1-26(2,20-11-4-3-5-12-20)33-24-17-19(15-16-22(24)27(28,29)30)25(31)32-23-14-8-10-18-9-6-7-13-21(18)23/h3-17H,1-2H3. The number of esters is 1. The number of ether oxygens (including phenoxy) is 2. The zero-order valence-electron chi connectivity index (χ0n) is 18.0. The van der Waals surface area contributed by atoms with E-state index < -0.39 is 29.1 Å². The molecule has 0 fully saturated rings. The Morgan fingerprint density at radius 3 is 2.15 bits per heavy atom. The number of halogens is 3. The third-order valence-electron chi connectivity index (χ3n) is 5.31. The molecule has 0 radical (unpaired) electrons. The summed E-state index contributed by atoms with van der Waals surface area (Å²) in [4.78, 5) is 12.8. The number of hydrogen-bond donors (Lipinski definition) is 0. The Morgan fingerprint density at radius 1 is 0.758 bits per heavy atom. The summed E-state index contributed by atoms with van der Waals surface area (Å²) >= 11 is 0. The van der Waals surface area contributed by atoms with E-state index in [9.17, 15) is 18.0 Å². The fraction of sp³-hybridized carbons (Fsp3) is 0.148. The van der Waals surface area contributed by atoms with Crippen LogP contribution < -0.4 is 9.47 Å². The highest BCUT2D eigenvalue weighted by Gasteiger charge is 2.37. The number of alkyl halides is 3. The Kier molecular flexibility index (Phi) is 5.85. The number of hydrogen-bond acceptors (Lipinski definition) is 3. The lowest BCUT2D eigenvalue weighted by Gasteiger charge is -2.29. The van der Waals surface area contributed by atoms with E-state index in [0.717, 1.165) is 29.0 Å².